The summed E-state index contributed by atoms with van der Waals surface area (Å²) in [4.78, 5) is 18.3. The van der Waals surface area contributed by atoms with Gasteiger partial charge in [0.05, 0.1) is 17.3 Å². The molecular formula is C13H13N3O4S. The number of hydrogen-bond donors (Lipinski definition) is 1. The summed E-state index contributed by atoms with van der Waals surface area (Å²) >= 11 is 1.46. The molecule has 1 aromatic heterocycles. The second-order valence-electron chi connectivity index (χ2n) is 4.81. The number of rotatable bonds is 3. The number of ether oxygens (including phenoxy) is 3. The van der Waals surface area contributed by atoms with Crippen LogP contribution >= 0.6 is 11.3 Å². The van der Waals surface area contributed by atoms with Crippen molar-refractivity contribution in [1.29, 1.82) is 0 Å². The smallest absolute Gasteiger partial charge is 0.324 e. The lowest BCUT2D eigenvalue weighted by molar-refractivity contribution is 0.174. The molecule has 4 rings (SSSR count). The number of nitrogens with zero attached hydrogens (tertiary/aromatic N) is 2. The van der Waals surface area contributed by atoms with Gasteiger partial charge in [0.25, 0.3) is 0 Å². The van der Waals surface area contributed by atoms with Gasteiger partial charge >= 0.3 is 6.03 Å². The molecule has 8 heteroatoms. The predicted molar refractivity (Wildman–Crippen MR) is 77.3 cm³/mol. The first kappa shape index (κ1) is 12.7. The van der Waals surface area contributed by atoms with E-state index in [1.807, 2.05) is 12.1 Å². The molecule has 2 aromatic rings. The van der Waals surface area contributed by atoms with Crippen LogP contribution in [-0.2, 0) is 4.74 Å². The number of amides is 2. The van der Waals surface area contributed by atoms with Crippen LogP contribution in [0.15, 0.2) is 12.1 Å². The van der Waals surface area contributed by atoms with E-state index in [9.17, 15) is 4.79 Å². The fraction of sp³-hybridized carbons (Fsp3) is 0.385. The Morgan fingerprint density at radius 3 is 3.29 bits per heavy atom. The van der Waals surface area contributed by atoms with Crippen molar-refractivity contribution in [1.82, 2.24) is 10.3 Å². The van der Waals surface area contributed by atoms with Gasteiger partial charge in [-0.2, -0.15) is 0 Å². The summed E-state index contributed by atoms with van der Waals surface area (Å²) in [5.74, 6) is 1.34. The minimum Gasteiger partial charge on any atom is -0.454 e. The monoisotopic (exact) mass is 307 g/mol. The van der Waals surface area contributed by atoms with Crippen molar-refractivity contribution in [2.75, 3.05) is 32.0 Å². The van der Waals surface area contributed by atoms with Gasteiger partial charge in [0.2, 0.25) is 6.79 Å². The molecule has 0 aliphatic carbocycles. The van der Waals surface area contributed by atoms with Crippen molar-refractivity contribution >= 4 is 32.7 Å². The maximum atomic E-state index is 12.0. The lowest BCUT2D eigenvalue weighted by Gasteiger charge is -2.18. The standard InChI is InChI=1S/C13H13N3O4S/c1-18-5-7-4-14-12(17)16(7)13-15-10-9(21-13)3-2-8-11(10)20-6-19-8/h2-3,7H,4-6H2,1H3,(H,14,17). The average Bonchev–Trinajstić information content (AvgIpc) is 3.15. The summed E-state index contributed by atoms with van der Waals surface area (Å²) in [5, 5.41) is 3.46. The summed E-state index contributed by atoms with van der Waals surface area (Å²) < 4.78 is 17.0. The highest BCUT2D eigenvalue weighted by atomic mass is 32.1. The molecule has 0 spiro atoms. The highest BCUT2D eigenvalue weighted by molar-refractivity contribution is 7.22. The van der Waals surface area contributed by atoms with Gasteiger partial charge in [0.15, 0.2) is 16.6 Å². The van der Waals surface area contributed by atoms with Gasteiger partial charge in [-0.1, -0.05) is 11.3 Å². The van der Waals surface area contributed by atoms with Crippen LogP contribution in [0.5, 0.6) is 11.5 Å². The van der Waals surface area contributed by atoms with Crippen LogP contribution in [0.2, 0.25) is 0 Å². The first-order chi connectivity index (χ1) is 10.3. The number of benzene rings is 1. The van der Waals surface area contributed by atoms with E-state index in [-0.39, 0.29) is 18.9 Å². The van der Waals surface area contributed by atoms with Crippen LogP contribution in [0.3, 0.4) is 0 Å². The molecule has 1 atom stereocenters. The molecule has 1 saturated heterocycles. The summed E-state index contributed by atoms with van der Waals surface area (Å²) in [6, 6.07) is 3.60. The SMILES string of the molecule is COCC1CNC(=O)N1c1nc2c3c(ccc2s1)OCO3. The molecule has 110 valence electrons. The number of carbonyl (C=O) groups excluding carboxylic acids is 1. The fourth-order valence-corrected chi connectivity index (χ4v) is 3.60. The molecular weight excluding hydrogens is 294 g/mol. The zero-order valence-electron chi connectivity index (χ0n) is 11.3. The molecule has 2 amide bonds. The molecule has 1 aromatic carbocycles. The first-order valence-corrected chi connectivity index (χ1v) is 7.34. The van der Waals surface area contributed by atoms with Crippen LogP contribution in [0.25, 0.3) is 10.2 Å². The Labute approximate surface area is 124 Å². The third-order valence-corrected chi connectivity index (χ3v) is 4.54. The Hall–Kier alpha value is -2.06. The third kappa shape index (κ3) is 1.90. The van der Waals surface area contributed by atoms with Crippen molar-refractivity contribution in [2.45, 2.75) is 6.04 Å². The molecule has 1 unspecified atom stereocenters. The maximum Gasteiger partial charge on any atom is 0.324 e. The average molecular weight is 307 g/mol. The molecule has 7 nitrogen and oxygen atoms in total. The van der Waals surface area contributed by atoms with Gasteiger partial charge in [-0.15, -0.1) is 0 Å². The van der Waals surface area contributed by atoms with Gasteiger partial charge in [-0.05, 0) is 12.1 Å². The van der Waals surface area contributed by atoms with E-state index in [4.69, 9.17) is 14.2 Å². The molecule has 2 aliphatic rings. The van der Waals surface area contributed by atoms with E-state index in [1.54, 1.807) is 12.0 Å². The van der Waals surface area contributed by atoms with Crippen molar-refractivity contribution in [3.63, 3.8) is 0 Å². The number of carbonyl (C=O) groups is 1. The summed E-state index contributed by atoms with van der Waals surface area (Å²) in [5.41, 5.74) is 0.737. The normalized spacial score (nSPS) is 20.3. The van der Waals surface area contributed by atoms with Crippen molar-refractivity contribution < 1.29 is 19.0 Å². The lowest BCUT2D eigenvalue weighted by Crippen LogP contribution is -2.36. The number of thiazole rings is 1. The zero-order valence-corrected chi connectivity index (χ0v) is 12.1. The minimum atomic E-state index is -0.148. The van der Waals surface area contributed by atoms with Crippen LogP contribution in [0.1, 0.15) is 0 Å². The highest BCUT2D eigenvalue weighted by Crippen LogP contribution is 2.42. The Kier molecular flexibility index (Phi) is 2.86. The minimum absolute atomic E-state index is 0.0479. The Morgan fingerprint density at radius 2 is 2.43 bits per heavy atom. The van der Waals surface area contributed by atoms with E-state index in [0.29, 0.717) is 29.8 Å². The molecule has 0 saturated carbocycles. The summed E-state index contributed by atoms with van der Waals surface area (Å²) in [7, 11) is 1.62. The second-order valence-corrected chi connectivity index (χ2v) is 5.82. The van der Waals surface area contributed by atoms with E-state index >= 15 is 0 Å². The maximum absolute atomic E-state index is 12.0. The lowest BCUT2D eigenvalue weighted by atomic mass is 10.3. The van der Waals surface area contributed by atoms with Gasteiger partial charge in [-0.25, -0.2) is 9.78 Å². The molecule has 0 bridgehead atoms. The van der Waals surface area contributed by atoms with Crippen LogP contribution in [0, 0.1) is 0 Å². The van der Waals surface area contributed by atoms with Gasteiger partial charge in [0.1, 0.15) is 5.52 Å². The molecule has 0 radical (unpaired) electrons. The Morgan fingerprint density at radius 1 is 1.52 bits per heavy atom. The number of fused-ring (bicyclic) bond motifs is 3. The molecule has 3 heterocycles. The molecule has 21 heavy (non-hydrogen) atoms. The van der Waals surface area contributed by atoms with Crippen LogP contribution in [-0.4, -0.2) is 44.1 Å². The largest absolute Gasteiger partial charge is 0.454 e. The summed E-state index contributed by atoms with van der Waals surface area (Å²) in [6.07, 6.45) is 0. The van der Waals surface area contributed by atoms with E-state index < -0.39 is 0 Å². The molecule has 2 aliphatic heterocycles. The number of methoxy groups -OCH3 is 1. The number of aromatic nitrogens is 1. The number of anilines is 1. The molecule has 1 N–H and O–H groups in total. The molecule has 1 fully saturated rings. The topological polar surface area (TPSA) is 72.9 Å². The van der Waals surface area contributed by atoms with Crippen LogP contribution < -0.4 is 19.7 Å². The number of nitrogens with one attached hydrogen (secondary N) is 1. The van der Waals surface area contributed by atoms with Gasteiger partial charge in [0, 0.05) is 13.7 Å². The Balaban J connectivity index is 1.78. The number of hydrogen-bond acceptors (Lipinski definition) is 6. The number of urea groups is 1. The summed E-state index contributed by atoms with van der Waals surface area (Å²) in [6.45, 7) is 1.23. The van der Waals surface area contributed by atoms with E-state index in [1.165, 1.54) is 11.3 Å². The van der Waals surface area contributed by atoms with Crippen molar-refractivity contribution in [3.05, 3.63) is 12.1 Å². The predicted octanol–water partition coefficient (Wildman–Crippen LogP) is 1.57. The Bertz CT molecular complexity index is 717. The highest BCUT2D eigenvalue weighted by Gasteiger charge is 2.34. The van der Waals surface area contributed by atoms with Crippen LogP contribution in [0.4, 0.5) is 9.93 Å². The first-order valence-electron chi connectivity index (χ1n) is 6.53. The van der Waals surface area contributed by atoms with E-state index in [0.717, 1.165) is 10.2 Å². The third-order valence-electron chi connectivity index (χ3n) is 3.52. The van der Waals surface area contributed by atoms with Gasteiger partial charge in [-0.3, -0.25) is 4.90 Å². The fourth-order valence-electron chi connectivity index (χ4n) is 2.56. The van der Waals surface area contributed by atoms with Crippen molar-refractivity contribution in [2.24, 2.45) is 0 Å². The second kappa shape index (κ2) is 4.74. The van der Waals surface area contributed by atoms with Crippen molar-refractivity contribution in [3.8, 4) is 11.5 Å². The zero-order chi connectivity index (χ0) is 14.4. The van der Waals surface area contributed by atoms with E-state index in [2.05, 4.69) is 10.3 Å². The quantitative estimate of drug-likeness (QED) is 0.932. The van der Waals surface area contributed by atoms with Gasteiger partial charge < -0.3 is 19.5 Å².